The summed E-state index contributed by atoms with van der Waals surface area (Å²) in [6.45, 7) is 4.76. The van der Waals surface area contributed by atoms with Crippen LogP contribution in [0.4, 0.5) is 17.6 Å². The summed E-state index contributed by atoms with van der Waals surface area (Å²) in [7, 11) is 0. The fourth-order valence-corrected chi connectivity index (χ4v) is 3.79. The van der Waals surface area contributed by atoms with E-state index in [1.54, 1.807) is 0 Å². The fraction of sp³-hybridized carbons (Fsp3) is 0.381. The van der Waals surface area contributed by atoms with Crippen molar-refractivity contribution in [2.75, 3.05) is 36.5 Å². The molecule has 0 radical (unpaired) electrons. The van der Waals surface area contributed by atoms with Crippen LogP contribution < -0.4 is 10.2 Å². The van der Waals surface area contributed by atoms with E-state index in [2.05, 4.69) is 15.4 Å². The highest BCUT2D eigenvalue weighted by Gasteiger charge is 2.40. The highest BCUT2D eigenvalue weighted by molar-refractivity contribution is 5.66. The summed E-state index contributed by atoms with van der Waals surface area (Å²) in [5.41, 5.74) is 1.89. The van der Waals surface area contributed by atoms with Crippen molar-refractivity contribution in [2.45, 2.75) is 25.6 Å². The van der Waals surface area contributed by atoms with Gasteiger partial charge in [0.2, 0.25) is 5.95 Å². The number of piperidine rings is 1. The first-order valence-corrected chi connectivity index (χ1v) is 9.87. The number of nitrogens with zero attached hydrogens (tertiary/aromatic N) is 4. The molecule has 150 valence electrons. The van der Waals surface area contributed by atoms with Crippen molar-refractivity contribution in [3.63, 3.8) is 0 Å². The Morgan fingerprint density at radius 3 is 2.41 bits per heavy atom. The third-order valence-electron chi connectivity index (χ3n) is 5.29. The zero-order valence-electron chi connectivity index (χ0n) is 16.3. The van der Waals surface area contributed by atoms with Crippen molar-refractivity contribution < 1.29 is 14.0 Å². The number of ether oxygens (including phenoxy) is 2. The van der Waals surface area contributed by atoms with E-state index in [1.807, 2.05) is 49.4 Å². The molecule has 0 amide bonds. The molecule has 4 heterocycles. The zero-order chi connectivity index (χ0) is 19.7. The average Bonchev–Trinajstić information content (AvgIpc) is 3.38. The van der Waals surface area contributed by atoms with Crippen LogP contribution in [0.2, 0.25) is 0 Å². The van der Waals surface area contributed by atoms with Crippen molar-refractivity contribution >= 4 is 17.6 Å². The van der Waals surface area contributed by atoms with Gasteiger partial charge in [-0.25, -0.2) is 4.98 Å². The molecule has 0 bridgehead atoms. The molecule has 2 aliphatic rings. The summed E-state index contributed by atoms with van der Waals surface area (Å²) in [6, 6.07) is 13.9. The van der Waals surface area contributed by atoms with Gasteiger partial charge in [-0.15, -0.1) is 0 Å². The van der Waals surface area contributed by atoms with Crippen LogP contribution >= 0.6 is 0 Å². The molecule has 0 unspecified atom stereocenters. The van der Waals surface area contributed by atoms with Crippen LogP contribution in [0.3, 0.4) is 0 Å². The molecular weight excluding hydrogens is 370 g/mol. The molecule has 8 heteroatoms. The number of anilines is 3. The van der Waals surface area contributed by atoms with E-state index in [1.165, 1.54) is 0 Å². The molecule has 1 spiro atoms. The van der Waals surface area contributed by atoms with E-state index in [0.29, 0.717) is 30.8 Å². The minimum Gasteiger partial charge on any atom is -0.360 e. The lowest BCUT2D eigenvalue weighted by Crippen LogP contribution is -2.45. The summed E-state index contributed by atoms with van der Waals surface area (Å²) in [5.74, 6) is 2.30. The van der Waals surface area contributed by atoms with Crippen molar-refractivity contribution in [2.24, 2.45) is 0 Å². The van der Waals surface area contributed by atoms with Gasteiger partial charge in [-0.3, -0.25) is 0 Å². The number of aromatic nitrogens is 3. The minimum atomic E-state index is -0.424. The standard InChI is InChI=1S/C21H23N5O3/c1-15-13-19(25-29-15)23-18-14-17(16-5-3-2-4-6-16)22-20(24-18)26-9-7-21(8-10-26)27-11-12-28-21/h2-6,13-14H,7-12H2,1H3,(H,22,23,24,25). The predicted octanol–water partition coefficient (Wildman–Crippen LogP) is 3.53. The molecule has 2 aromatic heterocycles. The van der Waals surface area contributed by atoms with Crippen molar-refractivity contribution in [3.8, 4) is 11.3 Å². The Kier molecular flexibility index (Phi) is 4.65. The second-order valence-electron chi connectivity index (χ2n) is 7.35. The number of hydrogen-bond acceptors (Lipinski definition) is 8. The van der Waals surface area contributed by atoms with Gasteiger partial charge >= 0.3 is 0 Å². The molecule has 0 atom stereocenters. The lowest BCUT2D eigenvalue weighted by molar-refractivity contribution is -0.169. The highest BCUT2D eigenvalue weighted by Crippen LogP contribution is 2.33. The smallest absolute Gasteiger partial charge is 0.227 e. The molecular formula is C21H23N5O3. The van der Waals surface area contributed by atoms with E-state index < -0.39 is 5.79 Å². The van der Waals surface area contributed by atoms with Gasteiger partial charge in [0.1, 0.15) is 11.6 Å². The van der Waals surface area contributed by atoms with Crippen molar-refractivity contribution in [3.05, 3.63) is 48.2 Å². The van der Waals surface area contributed by atoms with Gasteiger partial charge in [0.25, 0.3) is 0 Å². The maximum Gasteiger partial charge on any atom is 0.227 e. The Bertz CT molecular complexity index is 975. The third-order valence-corrected chi connectivity index (χ3v) is 5.29. The van der Waals surface area contributed by atoms with E-state index >= 15 is 0 Å². The summed E-state index contributed by atoms with van der Waals surface area (Å²) < 4.78 is 16.8. The number of nitrogens with one attached hydrogen (secondary N) is 1. The summed E-state index contributed by atoms with van der Waals surface area (Å²) in [4.78, 5) is 11.8. The number of benzene rings is 1. The van der Waals surface area contributed by atoms with Crippen LogP contribution in [0.5, 0.6) is 0 Å². The second-order valence-corrected chi connectivity index (χ2v) is 7.35. The third kappa shape index (κ3) is 3.81. The molecule has 0 saturated carbocycles. The van der Waals surface area contributed by atoms with Gasteiger partial charge < -0.3 is 24.2 Å². The minimum absolute atomic E-state index is 0.424. The topological polar surface area (TPSA) is 85.5 Å². The van der Waals surface area contributed by atoms with Crippen LogP contribution in [0, 0.1) is 6.92 Å². The molecule has 0 aliphatic carbocycles. The summed E-state index contributed by atoms with van der Waals surface area (Å²) in [5, 5.41) is 7.24. The average molecular weight is 393 g/mol. The molecule has 2 aliphatic heterocycles. The molecule has 8 nitrogen and oxygen atoms in total. The second kappa shape index (κ2) is 7.46. The maximum atomic E-state index is 5.84. The Balaban J connectivity index is 1.44. The van der Waals surface area contributed by atoms with E-state index in [-0.39, 0.29) is 0 Å². The van der Waals surface area contributed by atoms with E-state index in [0.717, 1.165) is 42.9 Å². The van der Waals surface area contributed by atoms with Gasteiger partial charge in [-0.1, -0.05) is 35.5 Å². The van der Waals surface area contributed by atoms with E-state index in [4.69, 9.17) is 24.0 Å². The normalized spacial score (nSPS) is 18.3. The van der Waals surface area contributed by atoms with Gasteiger partial charge in [-0.05, 0) is 6.92 Å². The Hall–Kier alpha value is -2.97. The van der Waals surface area contributed by atoms with Crippen LogP contribution in [0.1, 0.15) is 18.6 Å². The molecule has 2 fully saturated rings. The van der Waals surface area contributed by atoms with Crippen LogP contribution in [-0.2, 0) is 9.47 Å². The molecule has 1 aromatic carbocycles. The monoisotopic (exact) mass is 393 g/mol. The first-order valence-electron chi connectivity index (χ1n) is 9.87. The van der Waals surface area contributed by atoms with Crippen LogP contribution in [-0.4, -0.2) is 47.2 Å². The van der Waals surface area contributed by atoms with Gasteiger partial charge in [0.05, 0.1) is 18.9 Å². The molecule has 5 rings (SSSR count). The molecule has 1 N–H and O–H groups in total. The van der Waals surface area contributed by atoms with Gasteiger partial charge in [-0.2, -0.15) is 4.98 Å². The quantitative estimate of drug-likeness (QED) is 0.721. The Morgan fingerprint density at radius 1 is 0.966 bits per heavy atom. The first kappa shape index (κ1) is 18.1. The molecule has 3 aromatic rings. The van der Waals surface area contributed by atoms with Crippen molar-refractivity contribution in [1.82, 2.24) is 15.1 Å². The largest absolute Gasteiger partial charge is 0.360 e. The van der Waals surface area contributed by atoms with Gasteiger partial charge in [0, 0.05) is 43.6 Å². The SMILES string of the molecule is Cc1cc(Nc2cc(-c3ccccc3)nc(N3CCC4(CC3)OCCO4)n2)no1. The van der Waals surface area contributed by atoms with E-state index in [9.17, 15) is 0 Å². The number of aryl methyl sites for hydroxylation is 1. The number of rotatable bonds is 4. The number of hydrogen-bond donors (Lipinski definition) is 1. The van der Waals surface area contributed by atoms with Crippen LogP contribution in [0.15, 0.2) is 47.0 Å². The Labute approximate surface area is 168 Å². The van der Waals surface area contributed by atoms with Gasteiger partial charge in [0.15, 0.2) is 11.6 Å². The first-order chi connectivity index (χ1) is 14.2. The fourth-order valence-electron chi connectivity index (χ4n) is 3.79. The lowest BCUT2D eigenvalue weighted by atomic mass is 10.0. The zero-order valence-corrected chi connectivity index (χ0v) is 16.3. The van der Waals surface area contributed by atoms with Crippen molar-refractivity contribution in [1.29, 1.82) is 0 Å². The maximum absolute atomic E-state index is 5.84. The Morgan fingerprint density at radius 2 is 1.72 bits per heavy atom. The summed E-state index contributed by atoms with van der Waals surface area (Å²) >= 11 is 0. The molecule has 2 saturated heterocycles. The van der Waals surface area contributed by atoms with Crippen LogP contribution in [0.25, 0.3) is 11.3 Å². The molecule has 29 heavy (non-hydrogen) atoms. The highest BCUT2D eigenvalue weighted by atomic mass is 16.7. The predicted molar refractivity (Wildman–Crippen MR) is 108 cm³/mol. The lowest BCUT2D eigenvalue weighted by Gasteiger charge is -2.37. The summed E-state index contributed by atoms with van der Waals surface area (Å²) in [6.07, 6.45) is 1.61.